The van der Waals surface area contributed by atoms with Gasteiger partial charge in [0.05, 0.1) is 17.0 Å². The van der Waals surface area contributed by atoms with E-state index in [2.05, 4.69) is 5.32 Å². The Morgan fingerprint density at radius 2 is 2.04 bits per heavy atom. The summed E-state index contributed by atoms with van der Waals surface area (Å²) in [5, 5.41) is 13.6. The minimum Gasteiger partial charge on any atom is -0.464 e. The fraction of sp³-hybridized carbons (Fsp3) is 0.294. The van der Waals surface area contributed by atoms with Gasteiger partial charge in [0.1, 0.15) is 11.5 Å². The number of non-ortho nitro benzene ring substituents is 1. The van der Waals surface area contributed by atoms with Crippen LogP contribution in [-0.2, 0) is 16.1 Å². The number of nitro groups is 1. The molecule has 0 atom stereocenters. The highest BCUT2D eigenvalue weighted by atomic mass is 16.6. The van der Waals surface area contributed by atoms with E-state index in [9.17, 15) is 19.7 Å². The Bertz CT molecular complexity index is 830. The maximum absolute atomic E-state index is 12.2. The Hall–Kier alpha value is -3.36. The maximum atomic E-state index is 12.2. The van der Waals surface area contributed by atoms with Gasteiger partial charge in [-0.2, -0.15) is 0 Å². The molecular formula is C17H19N3O6. The van der Waals surface area contributed by atoms with Crippen molar-refractivity contribution in [1.29, 1.82) is 0 Å². The molecule has 0 saturated heterocycles. The lowest BCUT2D eigenvalue weighted by atomic mass is 10.1. The summed E-state index contributed by atoms with van der Waals surface area (Å²) in [6, 6.07) is 7.32. The van der Waals surface area contributed by atoms with Crippen molar-refractivity contribution in [3.8, 4) is 0 Å². The molecule has 1 heterocycles. The Labute approximate surface area is 149 Å². The lowest BCUT2D eigenvalue weighted by Gasteiger charge is -2.16. The molecule has 9 nitrogen and oxygen atoms in total. The van der Waals surface area contributed by atoms with Crippen LogP contribution >= 0.6 is 0 Å². The quantitative estimate of drug-likeness (QED) is 0.457. The fourth-order valence-electron chi connectivity index (χ4n) is 2.24. The van der Waals surface area contributed by atoms with Crippen LogP contribution in [0.2, 0.25) is 0 Å². The van der Waals surface area contributed by atoms with Crippen LogP contribution in [0.25, 0.3) is 0 Å². The van der Waals surface area contributed by atoms with E-state index in [4.69, 9.17) is 9.15 Å². The van der Waals surface area contributed by atoms with Crippen LogP contribution in [-0.4, -0.2) is 42.4 Å². The first-order chi connectivity index (χ1) is 12.3. The molecule has 0 spiro atoms. The molecule has 138 valence electrons. The molecule has 1 N–H and O–H groups in total. The number of likely N-dealkylation sites (N-methyl/N-ethyl adjacent to an activating group) is 1. The third kappa shape index (κ3) is 4.59. The lowest BCUT2D eigenvalue weighted by molar-refractivity contribution is -0.384. The van der Waals surface area contributed by atoms with Crippen molar-refractivity contribution in [3.05, 3.63) is 57.5 Å². The van der Waals surface area contributed by atoms with E-state index in [1.807, 2.05) is 0 Å². The average Bonchev–Trinajstić information content (AvgIpc) is 3.03. The summed E-state index contributed by atoms with van der Waals surface area (Å²) in [7, 11) is 3.13. The Morgan fingerprint density at radius 3 is 2.62 bits per heavy atom. The predicted octanol–water partition coefficient (Wildman–Crippen LogP) is 2.35. The first-order valence-electron chi connectivity index (χ1n) is 7.74. The van der Waals surface area contributed by atoms with E-state index in [0.717, 1.165) is 11.8 Å². The SMILES string of the molecule is CNc1ccc([N+](=O)[O-])cc1C(=O)OCC(=O)N(C)Cc1ccc(C)o1. The van der Waals surface area contributed by atoms with E-state index in [0.29, 0.717) is 11.4 Å². The number of nitrogens with one attached hydrogen (secondary N) is 1. The van der Waals surface area contributed by atoms with Gasteiger partial charge < -0.3 is 19.4 Å². The summed E-state index contributed by atoms with van der Waals surface area (Å²) in [5.41, 5.74) is 0.110. The molecule has 1 amide bonds. The van der Waals surface area contributed by atoms with Crippen molar-refractivity contribution in [2.45, 2.75) is 13.5 Å². The summed E-state index contributed by atoms with van der Waals surface area (Å²) in [6.07, 6.45) is 0. The number of hydrogen-bond donors (Lipinski definition) is 1. The molecule has 2 rings (SSSR count). The number of nitrogens with zero attached hydrogens (tertiary/aromatic N) is 2. The fourth-order valence-corrected chi connectivity index (χ4v) is 2.24. The number of anilines is 1. The summed E-state index contributed by atoms with van der Waals surface area (Å²) in [5.74, 6) is 0.0934. The molecule has 0 bridgehead atoms. The molecule has 0 saturated carbocycles. The number of carbonyl (C=O) groups is 2. The number of nitro benzene ring substituents is 1. The van der Waals surface area contributed by atoms with Gasteiger partial charge in [0.15, 0.2) is 6.61 Å². The average molecular weight is 361 g/mol. The number of aryl methyl sites for hydroxylation is 1. The van der Waals surface area contributed by atoms with Crippen LogP contribution in [0.1, 0.15) is 21.9 Å². The van der Waals surface area contributed by atoms with E-state index >= 15 is 0 Å². The van der Waals surface area contributed by atoms with Crippen molar-refractivity contribution in [2.75, 3.05) is 26.0 Å². The highest BCUT2D eigenvalue weighted by Crippen LogP contribution is 2.22. The first kappa shape index (κ1) is 19.0. The molecule has 0 fully saturated rings. The smallest absolute Gasteiger partial charge is 0.341 e. The second-order valence-corrected chi connectivity index (χ2v) is 5.58. The zero-order valence-electron chi connectivity index (χ0n) is 14.6. The van der Waals surface area contributed by atoms with Crippen LogP contribution in [0.3, 0.4) is 0 Å². The second kappa shape index (κ2) is 8.15. The molecule has 2 aromatic rings. The molecule has 0 aliphatic carbocycles. The third-order valence-corrected chi connectivity index (χ3v) is 3.64. The zero-order valence-corrected chi connectivity index (χ0v) is 14.6. The molecule has 0 aliphatic rings. The normalized spacial score (nSPS) is 10.3. The van der Waals surface area contributed by atoms with E-state index < -0.39 is 23.4 Å². The number of benzene rings is 1. The van der Waals surface area contributed by atoms with Gasteiger partial charge in [0, 0.05) is 31.9 Å². The van der Waals surface area contributed by atoms with Crippen molar-refractivity contribution < 1.29 is 23.7 Å². The van der Waals surface area contributed by atoms with Crippen LogP contribution < -0.4 is 5.32 Å². The Balaban J connectivity index is 2.00. The molecule has 0 unspecified atom stereocenters. The van der Waals surface area contributed by atoms with Gasteiger partial charge in [-0.3, -0.25) is 14.9 Å². The standard InChI is InChI=1S/C17H19N3O6/c1-11-4-6-13(26-11)9-19(3)16(21)10-25-17(22)14-8-12(20(23)24)5-7-15(14)18-2/h4-8,18H,9-10H2,1-3H3. The molecule has 26 heavy (non-hydrogen) atoms. The Morgan fingerprint density at radius 1 is 1.31 bits per heavy atom. The van der Waals surface area contributed by atoms with Gasteiger partial charge in [0.2, 0.25) is 0 Å². The van der Waals surface area contributed by atoms with Crippen molar-refractivity contribution in [3.63, 3.8) is 0 Å². The summed E-state index contributed by atoms with van der Waals surface area (Å²) in [6.45, 7) is 1.55. The number of rotatable bonds is 7. The monoisotopic (exact) mass is 361 g/mol. The molecule has 1 aromatic carbocycles. The lowest BCUT2D eigenvalue weighted by Crippen LogP contribution is -2.30. The van der Waals surface area contributed by atoms with E-state index in [-0.39, 0.29) is 17.8 Å². The van der Waals surface area contributed by atoms with Crippen molar-refractivity contribution >= 4 is 23.3 Å². The zero-order chi connectivity index (χ0) is 19.3. The molecule has 9 heteroatoms. The first-order valence-corrected chi connectivity index (χ1v) is 7.74. The van der Waals surface area contributed by atoms with Crippen LogP contribution in [0.5, 0.6) is 0 Å². The summed E-state index contributed by atoms with van der Waals surface area (Å²) < 4.78 is 10.4. The number of esters is 1. The highest BCUT2D eigenvalue weighted by molar-refractivity contribution is 5.97. The molecule has 0 aliphatic heterocycles. The largest absolute Gasteiger partial charge is 0.464 e. The van der Waals surface area contributed by atoms with E-state index in [1.165, 1.54) is 17.0 Å². The predicted molar refractivity (Wildman–Crippen MR) is 92.8 cm³/mol. The Kier molecular flexibility index (Phi) is 5.94. The van der Waals surface area contributed by atoms with Crippen molar-refractivity contribution in [1.82, 2.24) is 4.90 Å². The summed E-state index contributed by atoms with van der Waals surface area (Å²) in [4.78, 5) is 35.9. The number of furan rings is 1. The number of hydrogen-bond acceptors (Lipinski definition) is 7. The van der Waals surface area contributed by atoms with Crippen LogP contribution in [0, 0.1) is 17.0 Å². The number of carbonyl (C=O) groups excluding carboxylic acids is 2. The third-order valence-electron chi connectivity index (χ3n) is 3.64. The number of amides is 1. The summed E-state index contributed by atoms with van der Waals surface area (Å²) >= 11 is 0. The topological polar surface area (TPSA) is 115 Å². The van der Waals surface area contributed by atoms with Gasteiger partial charge in [-0.25, -0.2) is 4.79 Å². The molecule has 0 radical (unpaired) electrons. The minimum absolute atomic E-state index is 0.0150. The second-order valence-electron chi connectivity index (χ2n) is 5.58. The van der Waals surface area contributed by atoms with Gasteiger partial charge in [-0.1, -0.05) is 0 Å². The van der Waals surface area contributed by atoms with Crippen LogP contribution in [0.15, 0.2) is 34.7 Å². The van der Waals surface area contributed by atoms with Gasteiger partial charge in [0.25, 0.3) is 11.6 Å². The minimum atomic E-state index is -0.825. The van der Waals surface area contributed by atoms with Crippen molar-refractivity contribution in [2.24, 2.45) is 0 Å². The number of ether oxygens (including phenoxy) is 1. The molecular weight excluding hydrogens is 342 g/mol. The van der Waals surface area contributed by atoms with Gasteiger partial charge in [-0.15, -0.1) is 0 Å². The maximum Gasteiger partial charge on any atom is 0.341 e. The highest BCUT2D eigenvalue weighted by Gasteiger charge is 2.20. The van der Waals surface area contributed by atoms with Gasteiger partial charge in [-0.05, 0) is 25.1 Å². The van der Waals surface area contributed by atoms with Gasteiger partial charge >= 0.3 is 5.97 Å². The van der Waals surface area contributed by atoms with E-state index in [1.54, 1.807) is 33.2 Å². The van der Waals surface area contributed by atoms with Crippen LogP contribution in [0.4, 0.5) is 11.4 Å². The molecule has 1 aromatic heterocycles.